The van der Waals surface area contributed by atoms with Gasteiger partial charge in [-0.25, -0.2) is 4.79 Å². The number of carbonyl (C=O) groups excluding carboxylic acids is 1. The largest absolute Gasteiger partial charge is 0.534 e. The number of carbonyl (C=O) groups is 1. The van der Waals surface area contributed by atoms with Crippen molar-refractivity contribution in [1.82, 2.24) is 0 Å². The molecular weight excluding hydrogens is 457 g/mol. The van der Waals surface area contributed by atoms with Crippen LogP contribution in [-0.2, 0) is 20.3 Å². The number of halogens is 3. The van der Waals surface area contributed by atoms with E-state index in [-0.39, 0.29) is 23.0 Å². The molecule has 0 aliphatic rings. The third-order valence-electron chi connectivity index (χ3n) is 5.02. The first-order chi connectivity index (χ1) is 15.2. The van der Waals surface area contributed by atoms with Crippen molar-refractivity contribution >= 4 is 26.9 Å². The number of fused-ring (bicyclic) bond motifs is 1. The second-order valence-corrected chi connectivity index (χ2v) is 9.94. The topological polar surface area (TPSA) is 69.7 Å². The minimum atomic E-state index is -5.87. The molecule has 0 radical (unpaired) electrons. The van der Waals surface area contributed by atoms with Gasteiger partial charge in [-0.2, -0.15) is 21.6 Å². The summed E-state index contributed by atoms with van der Waals surface area (Å²) < 4.78 is 71.4. The molecule has 0 fully saturated rings. The summed E-state index contributed by atoms with van der Waals surface area (Å²) in [6.07, 6.45) is 0. The van der Waals surface area contributed by atoms with E-state index in [0.717, 1.165) is 11.6 Å². The van der Waals surface area contributed by atoms with E-state index in [1.165, 1.54) is 24.3 Å². The van der Waals surface area contributed by atoms with Crippen LogP contribution in [-0.4, -0.2) is 26.5 Å². The third-order valence-corrected chi connectivity index (χ3v) is 5.98. The summed E-state index contributed by atoms with van der Waals surface area (Å²) in [5.41, 5.74) is -3.46. The van der Waals surface area contributed by atoms with Gasteiger partial charge in [-0.1, -0.05) is 57.2 Å². The molecule has 0 atom stereocenters. The first-order valence-electron chi connectivity index (χ1n) is 10.1. The van der Waals surface area contributed by atoms with Gasteiger partial charge in [0, 0.05) is 5.39 Å². The quantitative estimate of drug-likeness (QED) is 0.247. The van der Waals surface area contributed by atoms with E-state index in [4.69, 9.17) is 4.74 Å². The number of ether oxygens (including phenoxy) is 1. The van der Waals surface area contributed by atoms with Crippen molar-refractivity contribution in [3.05, 3.63) is 65.7 Å². The summed E-state index contributed by atoms with van der Waals surface area (Å²) in [6.45, 7) is 7.93. The Bertz CT molecular complexity index is 1290. The van der Waals surface area contributed by atoms with E-state index in [1.807, 2.05) is 32.9 Å². The molecule has 0 bridgehead atoms. The van der Waals surface area contributed by atoms with E-state index in [1.54, 1.807) is 19.1 Å². The Kier molecular flexibility index (Phi) is 6.48. The number of hydrogen-bond acceptors (Lipinski definition) is 5. The van der Waals surface area contributed by atoms with Crippen LogP contribution in [0.4, 0.5) is 13.2 Å². The highest BCUT2D eigenvalue weighted by Gasteiger charge is 2.48. The van der Waals surface area contributed by atoms with Crippen molar-refractivity contribution in [2.24, 2.45) is 0 Å². The number of hydrogen-bond donors (Lipinski definition) is 0. The highest BCUT2D eigenvalue weighted by Crippen LogP contribution is 2.37. The van der Waals surface area contributed by atoms with Crippen LogP contribution in [0.2, 0.25) is 0 Å². The first kappa shape index (κ1) is 24.6. The molecule has 3 rings (SSSR count). The molecule has 0 saturated carbocycles. The molecule has 0 N–H and O–H groups in total. The van der Waals surface area contributed by atoms with Gasteiger partial charge in [-0.3, -0.25) is 0 Å². The average Bonchev–Trinajstić information content (AvgIpc) is 2.72. The molecule has 3 aromatic carbocycles. The summed E-state index contributed by atoms with van der Waals surface area (Å²) in [5, 5.41) is 0.427. The van der Waals surface area contributed by atoms with Gasteiger partial charge < -0.3 is 8.92 Å². The lowest BCUT2D eigenvalue weighted by Crippen LogP contribution is -2.28. The van der Waals surface area contributed by atoms with Crippen LogP contribution < -0.4 is 4.18 Å². The molecule has 33 heavy (non-hydrogen) atoms. The van der Waals surface area contributed by atoms with Crippen molar-refractivity contribution in [2.45, 2.75) is 38.6 Å². The zero-order chi connectivity index (χ0) is 24.6. The highest BCUT2D eigenvalue weighted by atomic mass is 32.2. The van der Waals surface area contributed by atoms with Crippen LogP contribution in [0.15, 0.2) is 54.6 Å². The molecule has 9 heteroatoms. The number of alkyl halides is 3. The smallest absolute Gasteiger partial charge is 0.462 e. The summed E-state index contributed by atoms with van der Waals surface area (Å²) in [4.78, 5) is 12.7. The van der Waals surface area contributed by atoms with Crippen molar-refractivity contribution in [3.8, 4) is 16.9 Å². The molecule has 0 aromatic heterocycles. The molecular formula is C24H23F3O5S. The van der Waals surface area contributed by atoms with Crippen molar-refractivity contribution in [1.29, 1.82) is 0 Å². The second kappa shape index (κ2) is 8.70. The van der Waals surface area contributed by atoms with Crippen LogP contribution in [0.25, 0.3) is 21.9 Å². The standard InChI is InChI=1S/C24H23F3O5S/c1-5-31-22(28)20-13-16-7-6-8-21(32-33(29,30)24(25,26)27)19(16)14-18(20)15-9-11-17(12-10-15)23(2,3)4/h6-14H,5H2,1-4H3. The Morgan fingerprint density at radius 1 is 0.970 bits per heavy atom. The van der Waals surface area contributed by atoms with Gasteiger partial charge in [0.05, 0.1) is 12.2 Å². The van der Waals surface area contributed by atoms with Gasteiger partial charge in [-0.15, -0.1) is 0 Å². The van der Waals surface area contributed by atoms with Crippen molar-refractivity contribution < 1.29 is 35.3 Å². The number of benzene rings is 3. The minimum Gasteiger partial charge on any atom is -0.462 e. The minimum absolute atomic E-state index is 0.105. The monoisotopic (exact) mass is 480 g/mol. The second-order valence-electron chi connectivity index (χ2n) is 8.41. The summed E-state index contributed by atoms with van der Waals surface area (Å²) in [6, 6.07) is 14.3. The summed E-state index contributed by atoms with van der Waals surface area (Å²) >= 11 is 0. The van der Waals surface area contributed by atoms with Gasteiger partial charge in [0.1, 0.15) is 0 Å². The van der Waals surface area contributed by atoms with E-state index < -0.39 is 27.3 Å². The Labute approximate surface area is 190 Å². The van der Waals surface area contributed by atoms with Crippen LogP contribution in [0.3, 0.4) is 0 Å². The van der Waals surface area contributed by atoms with Crippen LogP contribution in [0.1, 0.15) is 43.6 Å². The van der Waals surface area contributed by atoms with Gasteiger partial charge in [0.15, 0.2) is 5.75 Å². The molecule has 0 unspecified atom stereocenters. The molecule has 3 aromatic rings. The van der Waals surface area contributed by atoms with Crippen molar-refractivity contribution in [3.63, 3.8) is 0 Å². The first-order valence-corrected chi connectivity index (χ1v) is 11.5. The Morgan fingerprint density at radius 2 is 1.61 bits per heavy atom. The Hall–Kier alpha value is -3.07. The molecule has 5 nitrogen and oxygen atoms in total. The lowest BCUT2D eigenvalue weighted by molar-refractivity contribution is -0.0499. The molecule has 176 valence electrons. The maximum Gasteiger partial charge on any atom is 0.534 e. The lowest BCUT2D eigenvalue weighted by atomic mass is 9.85. The van der Waals surface area contributed by atoms with Crippen molar-refractivity contribution in [2.75, 3.05) is 6.61 Å². The Morgan fingerprint density at radius 3 is 2.15 bits per heavy atom. The fourth-order valence-electron chi connectivity index (χ4n) is 3.30. The normalized spacial score (nSPS) is 12.6. The SMILES string of the molecule is CCOC(=O)c1cc2cccc(OS(=O)(=O)C(F)(F)F)c2cc1-c1ccc(C(C)(C)C)cc1. The van der Waals surface area contributed by atoms with Gasteiger partial charge >= 0.3 is 21.6 Å². The van der Waals surface area contributed by atoms with Crippen LogP contribution in [0.5, 0.6) is 5.75 Å². The fraction of sp³-hybridized carbons (Fsp3) is 0.292. The summed E-state index contributed by atoms with van der Waals surface area (Å²) in [5.74, 6) is -1.10. The zero-order valence-corrected chi connectivity index (χ0v) is 19.3. The number of esters is 1. The third kappa shape index (κ3) is 5.13. The van der Waals surface area contributed by atoms with E-state index in [0.29, 0.717) is 16.5 Å². The highest BCUT2D eigenvalue weighted by molar-refractivity contribution is 7.88. The average molecular weight is 481 g/mol. The van der Waals surface area contributed by atoms with Gasteiger partial charge in [0.2, 0.25) is 0 Å². The van der Waals surface area contributed by atoms with Crippen LogP contribution in [0, 0.1) is 0 Å². The lowest BCUT2D eigenvalue weighted by Gasteiger charge is -2.20. The molecule has 0 heterocycles. The fourth-order valence-corrected chi connectivity index (χ4v) is 3.78. The molecule has 0 aliphatic heterocycles. The maximum atomic E-state index is 12.9. The molecule has 0 amide bonds. The van der Waals surface area contributed by atoms with E-state index >= 15 is 0 Å². The molecule has 0 spiro atoms. The molecule has 0 aliphatic carbocycles. The summed E-state index contributed by atoms with van der Waals surface area (Å²) in [7, 11) is -5.87. The predicted octanol–water partition coefficient (Wildman–Crippen LogP) is 6.21. The number of rotatable bonds is 5. The van der Waals surface area contributed by atoms with Gasteiger partial charge in [-0.05, 0) is 52.6 Å². The van der Waals surface area contributed by atoms with E-state index in [9.17, 15) is 26.4 Å². The van der Waals surface area contributed by atoms with Gasteiger partial charge in [0.25, 0.3) is 0 Å². The predicted molar refractivity (Wildman–Crippen MR) is 120 cm³/mol. The maximum absolute atomic E-state index is 12.9. The molecule has 0 saturated heterocycles. The zero-order valence-electron chi connectivity index (χ0n) is 18.5. The Balaban J connectivity index is 2.24. The van der Waals surface area contributed by atoms with E-state index in [2.05, 4.69) is 4.18 Å². The van der Waals surface area contributed by atoms with Crippen LogP contribution >= 0.6 is 0 Å².